The van der Waals surface area contributed by atoms with Crippen molar-refractivity contribution in [2.24, 2.45) is 5.73 Å². The Bertz CT molecular complexity index is 464. The van der Waals surface area contributed by atoms with Crippen LogP contribution in [0.15, 0.2) is 22.7 Å². The molecule has 0 fully saturated rings. The number of rotatable bonds is 3. The van der Waals surface area contributed by atoms with Gasteiger partial charge in [-0.3, -0.25) is 4.79 Å². The highest BCUT2D eigenvalue weighted by molar-refractivity contribution is 9.10. The highest BCUT2D eigenvalue weighted by atomic mass is 79.9. The van der Waals surface area contributed by atoms with Crippen LogP contribution in [-0.2, 0) is 11.0 Å². The molecule has 1 aromatic carbocycles. The maximum Gasteiger partial charge on any atom is 0.416 e. The average molecular weight is 328 g/mol. The van der Waals surface area contributed by atoms with Crippen molar-refractivity contribution in [2.75, 3.05) is 0 Å². The Hall–Kier alpha value is -1.12. The summed E-state index contributed by atoms with van der Waals surface area (Å²) in [5.74, 6) is -1.17. The highest BCUT2D eigenvalue weighted by Gasteiger charge is 2.32. The van der Waals surface area contributed by atoms with Gasteiger partial charge in [0.1, 0.15) is 6.10 Å². The molecule has 4 N–H and O–H groups in total. The van der Waals surface area contributed by atoms with Crippen molar-refractivity contribution < 1.29 is 28.2 Å². The Kier molecular flexibility index (Phi) is 4.36. The van der Waals surface area contributed by atoms with Gasteiger partial charge in [0.15, 0.2) is 6.10 Å². The Morgan fingerprint density at radius 1 is 1.33 bits per heavy atom. The second-order valence-corrected chi connectivity index (χ2v) is 4.38. The number of benzene rings is 1. The zero-order chi connectivity index (χ0) is 14.1. The van der Waals surface area contributed by atoms with Gasteiger partial charge in [-0.15, -0.1) is 0 Å². The largest absolute Gasteiger partial charge is 0.416 e. The normalized spacial score (nSPS) is 15.2. The van der Waals surface area contributed by atoms with Gasteiger partial charge in [-0.1, -0.05) is 22.0 Å². The monoisotopic (exact) mass is 327 g/mol. The van der Waals surface area contributed by atoms with Crippen molar-refractivity contribution >= 4 is 21.8 Å². The minimum absolute atomic E-state index is 0.0608. The van der Waals surface area contributed by atoms with Gasteiger partial charge >= 0.3 is 6.18 Å². The minimum atomic E-state index is -4.52. The Balaban J connectivity index is 3.10. The number of amides is 1. The number of nitrogens with two attached hydrogens (primary N) is 1. The van der Waals surface area contributed by atoms with Crippen LogP contribution in [0.1, 0.15) is 17.2 Å². The summed E-state index contributed by atoms with van der Waals surface area (Å²) in [6.07, 6.45) is -8.11. The average Bonchev–Trinajstić information content (AvgIpc) is 2.25. The lowest BCUT2D eigenvalue weighted by Crippen LogP contribution is -2.34. The van der Waals surface area contributed by atoms with Crippen LogP contribution in [0.4, 0.5) is 13.2 Å². The van der Waals surface area contributed by atoms with Crippen molar-refractivity contribution in [2.45, 2.75) is 18.4 Å². The standard InChI is InChI=1S/C10H9BrF3NO3/c11-6-3-4(10(12,13)14)1-2-5(6)7(16)8(17)9(15)18/h1-3,7-8,16-17H,(H2,15,18). The summed E-state index contributed by atoms with van der Waals surface area (Å²) in [5, 5.41) is 18.8. The van der Waals surface area contributed by atoms with Crippen molar-refractivity contribution in [3.63, 3.8) is 0 Å². The predicted molar refractivity (Wildman–Crippen MR) is 59.3 cm³/mol. The number of primary amides is 1. The maximum absolute atomic E-state index is 12.4. The molecule has 0 saturated carbocycles. The van der Waals surface area contributed by atoms with Crippen LogP contribution < -0.4 is 5.73 Å². The third kappa shape index (κ3) is 3.21. The zero-order valence-corrected chi connectivity index (χ0v) is 10.4. The fourth-order valence-corrected chi connectivity index (χ4v) is 1.88. The van der Waals surface area contributed by atoms with Gasteiger partial charge in [0.2, 0.25) is 5.91 Å². The fourth-order valence-electron chi connectivity index (χ4n) is 1.27. The first-order valence-electron chi connectivity index (χ1n) is 4.66. The maximum atomic E-state index is 12.4. The summed E-state index contributed by atoms with van der Waals surface area (Å²) in [5.41, 5.74) is 3.80. The lowest BCUT2D eigenvalue weighted by molar-refractivity contribution is -0.138. The van der Waals surface area contributed by atoms with E-state index in [1.807, 2.05) is 0 Å². The third-order valence-corrected chi connectivity index (χ3v) is 2.92. The molecule has 8 heteroatoms. The Morgan fingerprint density at radius 3 is 2.28 bits per heavy atom. The first-order chi connectivity index (χ1) is 8.14. The van der Waals surface area contributed by atoms with Crippen molar-refractivity contribution in [3.8, 4) is 0 Å². The number of carbonyl (C=O) groups excluding carboxylic acids is 1. The summed E-state index contributed by atoms with van der Waals surface area (Å²) in [4.78, 5) is 10.7. The second-order valence-electron chi connectivity index (χ2n) is 3.53. The number of halogens is 4. The number of hydrogen-bond donors (Lipinski definition) is 3. The molecular formula is C10H9BrF3NO3. The molecule has 0 radical (unpaired) electrons. The lowest BCUT2D eigenvalue weighted by Gasteiger charge is -2.17. The summed E-state index contributed by atoms with van der Waals surface area (Å²) in [7, 11) is 0. The van der Waals surface area contributed by atoms with Crippen LogP contribution in [0.5, 0.6) is 0 Å². The van der Waals surface area contributed by atoms with E-state index < -0.39 is 29.9 Å². The van der Waals surface area contributed by atoms with E-state index in [1.165, 1.54) is 0 Å². The van der Waals surface area contributed by atoms with Crippen LogP contribution in [0, 0.1) is 0 Å². The van der Waals surface area contributed by atoms with E-state index in [9.17, 15) is 28.2 Å². The van der Waals surface area contributed by atoms with E-state index in [0.717, 1.165) is 18.2 Å². The molecule has 0 aliphatic rings. The van der Waals surface area contributed by atoms with Gasteiger partial charge < -0.3 is 15.9 Å². The van der Waals surface area contributed by atoms with Crippen molar-refractivity contribution in [1.82, 2.24) is 0 Å². The van der Waals surface area contributed by atoms with Crippen LogP contribution in [-0.4, -0.2) is 22.2 Å². The summed E-state index contributed by atoms with van der Waals surface area (Å²) in [6, 6.07) is 2.44. The molecule has 0 saturated heterocycles. The van der Waals surface area contributed by atoms with Gasteiger partial charge in [-0.25, -0.2) is 0 Å². The van der Waals surface area contributed by atoms with E-state index in [1.54, 1.807) is 0 Å². The van der Waals surface area contributed by atoms with Crippen LogP contribution >= 0.6 is 15.9 Å². The summed E-state index contributed by atoms with van der Waals surface area (Å²) < 4.78 is 37.1. The van der Waals surface area contributed by atoms with Gasteiger partial charge in [0.05, 0.1) is 5.56 Å². The molecule has 0 heterocycles. The molecule has 0 bridgehead atoms. The quantitative estimate of drug-likeness (QED) is 0.783. The smallest absolute Gasteiger partial charge is 0.385 e. The summed E-state index contributed by atoms with van der Waals surface area (Å²) >= 11 is 2.83. The predicted octanol–water partition coefficient (Wildman–Crippen LogP) is 1.35. The fraction of sp³-hybridized carbons (Fsp3) is 0.300. The third-order valence-electron chi connectivity index (χ3n) is 2.24. The molecule has 0 aliphatic carbocycles. The van der Waals surface area contributed by atoms with E-state index in [4.69, 9.17) is 5.73 Å². The molecule has 2 unspecified atom stereocenters. The number of alkyl halides is 3. The van der Waals surface area contributed by atoms with E-state index >= 15 is 0 Å². The number of aliphatic hydroxyl groups excluding tert-OH is 2. The Morgan fingerprint density at radius 2 is 1.89 bits per heavy atom. The van der Waals surface area contributed by atoms with Gasteiger partial charge in [0.25, 0.3) is 0 Å². The van der Waals surface area contributed by atoms with Crippen LogP contribution in [0.2, 0.25) is 0 Å². The first kappa shape index (κ1) is 14.9. The first-order valence-corrected chi connectivity index (χ1v) is 5.46. The van der Waals surface area contributed by atoms with E-state index in [2.05, 4.69) is 15.9 Å². The van der Waals surface area contributed by atoms with Gasteiger partial charge in [-0.05, 0) is 17.7 Å². The topological polar surface area (TPSA) is 83.6 Å². The molecule has 1 amide bonds. The molecule has 0 aliphatic heterocycles. The van der Waals surface area contributed by atoms with E-state index in [-0.39, 0.29) is 10.0 Å². The molecule has 1 aromatic rings. The van der Waals surface area contributed by atoms with Crippen molar-refractivity contribution in [3.05, 3.63) is 33.8 Å². The molecule has 0 spiro atoms. The molecule has 2 atom stereocenters. The number of aliphatic hydroxyl groups is 2. The Labute approximate surface area is 108 Å². The highest BCUT2D eigenvalue weighted by Crippen LogP contribution is 2.34. The number of hydrogen-bond acceptors (Lipinski definition) is 3. The number of carbonyl (C=O) groups is 1. The molecular weight excluding hydrogens is 319 g/mol. The minimum Gasteiger partial charge on any atom is -0.385 e. The van der Waals surface area contributed by atoms with E-state index in [0.29, 0.717) is 0 Å². The summed E-state index contributed by atoms with van der Waals surface area (Å²) in [6.45, 7) is 0. The molecule has 18 heavy (non-hydrogen) atoms. The van der Waals surface area contributed by atoms with Crippen LogP contribution in [0.3, 0.4) is 0 Å². The molecule has 1 rings (SSSR count). The van der Waals surface area contributed by atoms with Gasteiger partial charge in [-0.2, -0.15) is 13.2 Å². The lowest BCUT2D eigenvalue weighted by atomic mass is 10.0. The molecule has 100 valence electrons. The second kappa shape index (κ2) is 5.25. The molecule has 4 nitrogen and oxygen atoms in total. The molecule has 0 aromatic heterocycles. The van der Waals surface area contributed by atoms with Crippen LogP contribution in [0.25, 0.3) is 0 Å². The SMILES string of the molecule is NC(=O)C(O)C(O)c1ccc(C(F)(F)F)cc1Br. The van der Waals surface area contributed by atoms with Crippen molar-refractivity contribution in [1.29, 1.82) is 0 Å². The van der Waals surface area contributed by atoms with Gasteiger partial charge in [0, 0.05) is 4.47 Å². The zero-order valence-electron chi connectivity index (χ0n) is 8.78.